The van der Waals surface area contributed by atoms with Gasteiger partial charge in [0.05, 0.1) is 6.33 Å². The number of nitrogen functional groups attached to an aromatic ring is 1. The molecule has 19 heavy (non-hydrogen) atoms. The van der Waals surface area contributed by atoms with Crippen LogP contribution in [0, 0.1) is 0 Å². The molecule has 0 aliphatic carbocycles. The van der Waals surface area contributed by atoms with E-state index < -0.39 is 0 Å². The molecule has 0 atom stereocenters. The highest BCUT2D eigenvalue weighted by Crippen LogP contribution is 2.15. The van der Waals surface area contributed by atoms with E-state index in [2.05, 4.69) is 15.0 Å². The Morgan fingerprint density at radius 2 is 1.95 bits per heavy atom. The van der Waals surface area contributed by atoms with Crippen molar-refractivity contribution in [2.24, 2.45) is 0 Å². The summed E-state index contributed by atoms with van der Waals surface area (Å²) < 4.78 is 12.9. The van der Waals surface area contributed by atoms with Crippen molar-refractivity contribution >= 4 is 17.0 Å². The lowest BCUT2D eigenvalue weighted by Gasteiger charge is -2.16. The third-order valence-electron chi connectivity index (χ3n) is 2.74. The van der Waals surface area contributed by atoms with Crippen LogP contribution in [-0.4, -0.2) is 39.0 Å². The van der Waals surface area contributed by atoms with Crippen molar-refractivity contribution in [3.63, 3.8) is 0 Å². The van der Waals surface area contributed by atoms with Gasteiger partial charge in [-0.05, 0) is 13.8 Å². The molecule has 0 spiro atoms. The monoisotopic (exact) mass is 265 g/mol. The molecule has 0 saturated heterocycles. The maximum absolute atomic E-state index is 5.74. The second-order valence-electron chi connectivity index (χ2n) is 4.00. The molecular weight excluding hydrogens is 246 g/mol. The molecule has 2 N–H and O–H groups in total. The third-order valence-corrected chi connectivity index (χ3v) is 2.74. The largest absolute Gasteiger partial charge is 0.382 e. The summed E-state index contributed by atoms with van der Waals surface area (Å²) >= 11 is 0. The molecule has 2 rings (SSSR count). The summed E-state index contributed by atoms with van der Waals surface area (Å²) in [6, 6.07) is 0. The van der Waals surface area contributed by atoms with Gasteiger partial charge >= 0.3 is 0 Å². The molecular formula is C12H19N5O2. The van der Waals surface area contributed by atoms with E-state index in [1.165, 1.54) is 6.33 Å². The zero-order chi connectivity index (χ0) is 13.7. The van der Waals surface area contributed by atoms with E-state index >= 15 is 0 Å². The molecule has 0 radical (unpaired) electrons. The predicted molar refractivity (Wildman–Crippen MR) is 71.4 cm³/mol. The van der Waals surface area contributed by atoms with Crippen molar-refractivity contribution in [2.75, 3.05) is 18.9 Å². The number of fused-ring (bicyclic) bond motifs is 1. The minimum Gasteiger partial charge on any atom is -0.382 e. The first-order valence-electron chi connectivity index (χ1n) is 6.40. The summed E-state index contributed by atoms with van der Waals surface area (Å²) in [5.41, 5.74) is 7.11. The number of rotatable bonds is 7. The fourth-order valence-corrected chi connectivity index (χ4v) is 1.89. The van der Waals surface area contributed by atoms with Gasteiger partial charge in [-0.1, -0.05) is 0 Å². The Morgan fingerprint density at radius 3 is 2.63 bits per heavy atom. The average Bonchev–Trinajstić information content (AvgIpc) is 2.81. The number of nitrogens with zero attached hydrogens (tertiary/aromatic N) is 4. The van der Waals surface area contributed by atoms with Crippen molar-refractivity contribution in [1.82, 2.24) is 19.5 Å². The Labute approximate surface area is 111 Å². The zero-order valence-electron chi connectivity index (χ0n) is 11.2. The van der Waals surface area contributed by atoms with Crippen LogP contribution in [-0.2, 0) is 16.0 Å². The average molecular weight is 265 g/mol. The molecule has 0 aromatic carbocycles. The van der Waals surface area contributed by atoms with Gasteiger partial charge in [0.2, 0.25) is 0 Å². The summed E-state index contributed by atoms with van der Waals surface area (Å²) in [5.74, 6) is 0.398. The maximum Gasteiger partial charge on any atom is 0.165 e. The van der Waals surface area contributed by atoms with Gasteiger partial charge in [0.25, 0.3) is 0 Å². The van der Waals surface area contributed by atoms with Crippen LogP contribution < -0.4 is 5.73 Å². The van der Waals surface area contributed by atoms with Gasteiger partial charge in [-0.2, -0.15) is 0 Å². The number of nitrogens with two attached hydrogens (primary N) is 1. The van der Waals surface area contributed by atoms with E-state index in [1.54, 1.807) is 6.33 Å². The topological polar surface area (TPSA) is 88.1 Å². The van der Waals surface area contributed by atoms with Crippen LogP contribution in [0.25, 0.3) is 11.2 Å². The Balaban J connectivity index is 2.06. The first kappa shape index (κ1) is 13.7. The summed E-state index contributed by atoms with van der Waals surface area (Å²) in [5, 5.41) is 0. The van der Waals surface area contributed by atoms with Crippen molar-refractivity contribution in [3.05, 3.63) is 12.7 Å². The smallest absolute Gasteiger partial charge is 0.165 e. The van der Waals surface area contributed by atoms with Gasteiger partial charge in [-0.3, -0.25) is 0 Å². The summed E-state index contributed by atoms with van der Waals surface area (Å²) in [4.78, 5) is 12.3. The van der Waals surface area contributed by atoms with Crippen LogP contribution in [0.2, 0.25) is 0 Å². The molecule has 0 amide bonds. The SMILES string of the molecule is CCOC(CCn1cnc2c(N)ncnc21)OCC. The molecule has 0 unspecified atom stereocenters. The summed E-state index contributed by atoms with van der Waals surface area (Å²) in [6.07, 6.45) is 3.69. The van der Waals surface area contributed by atoms with Crippen molar-refractivity contribution < 1.29 is 9.47 Å². The minimum atomic E-state index is -0.202. The molecule has 0 fully saturated rings. The van der Waals surface area contributed by atoms with Crippen molar-refractivity contribution in [2.45, 2.75) is 33.1 Å². The van der Waals surface area contributed by atoms with Crippen LogP contribution in [0.15, 0.2) is 12.7 Å². The van der Waals surface area contributed by atoms with E-state index in [1.807, 2.05) is 18.4 Å². The second kappa shape index (κ2) is 6.44. The minimum absolute atomic E-state index is 0.202. The number of ether oxygens (including phenoxy) is 2. The lowest BCUT2D eigenvalue weighted by Crippen LogP contribution is -2.19. The Kier molecular flexibility index (Phi) is 4.64. The first-order valence-corrected chi connectivity index (χ1v) is 6.40. The summed E-state index contributed by atoms with van der Waals surface area (Å²) in [6.45, 7) is 5.87. The molecule has 2 heterocycles. The number of hydrogen-bond donors (Lipinski definition) is 1. The lowest BCUT2D eigenvalue weighted by atomic mass is 10.4. The molecule has 0 bridgehead atoms. The van der Waals surface area contributed by atoms with Crippen molar-refractivity contribution in [3.8, 4) is 0 Å². The lowest BCUT2D eigenvalue weighted by molar-refractivity contribution is -0.140. The second-order valence-corrected chi connectivity index (χ2v) is 4.00. The van der Waals surface area contributed by atoms with E-state index in [0.29, 0.717) is 31.1 Å². The quantitative estimate of drug-likeness (QED) is 0.757. The van der Waals surface area contributed by atoms with Crippen LogP contribution in [0.4, 0.5) is 5.82 Å². The standard InChI is InChI=1S/C12H19N5O2/c1-3-18-9(19-4-2)5-6-17-8-16-10-11(13)14-7-15-12(10)17/h7-9H,3-6H2,1-2H3,(H2,13,14,15). The molecule has 2 aromatic heterocycles. The van der Waals surface area contributed by atoms with Gasteiger partial charge in [0.15, 0.2) is 17.8 Å². The number of hydrogen-bond acceptors (Lipinski definition) is 6. The molecule has 0 aliphatic rings. The molecule has 7 heteroatoms. The molecule has 0 aliphatic heterocycles. The number of anilines is 1. The van der Waals surface area contributed by atoms with Gasteiger partial charge in [0, 0.05) is 26.2 Å². The predicted octanol–water partition coefficient (Wildman–Crippen LogP) is 1.20. The number of aromatic nitrogens is 4. The summed E-state index contributed by atoms with van der Waals surface area (Å²) in [7, 11) is 0. The van der Waals surface area contributed by atoms with Gasteiger partial charge in [0.1, 0.15) is 11.8 Å². The molecule has 104 valence electrons. The maximum atomic E-state index is 5.74. The van der Waals surface area contributed by atoms with Crippen LogP contribution >= 0.6 is 0 Å². The zero-order valence-corrected chi connectivity index (χ0v) is 11.2. The highest BCUT2D eigenvalue weighted by molar-refractivity contribution is 5.80. The van der Waals surface area contributed by atoms with E-state index in [-0.39, 0.29) is 6.29 Å². The normalized spacial score (nSPS) is 11.5. The fraction of sp³-hybridized carbons (Fsp3) is 0.583. The number of aryl methyl sites for hydroxylation is 1. The molecule has 0 saturated carbocycles. The first-order chi connectivity index (χ1) is 9.26. The highest BCUT2D eigenvalue weighted by Gasteiger charge is 2.11. The van der Waals surface area contributed by atoms with Gasteiger partial charge < -0.3 is 19.8 Å². The third kappa shape index (κ3) is 3.18. The van der Waals surface area contributed by atoms with Crippen LogP contribution in [0.1, 0.15) is 20.3 Å². The number of imidazole rings is 1. The Morgan fingerprint density at radius 1 is 1.21 bits per heavy atom. The highest BCUT2D eigenvalue weighted by atomic mass is 16.7. The fourth-order valence-electron chi connectivity index (χ4n) is 1.89. The van der Waals surface area contributed by atoms with E-state index in [0.717, 1.165) is 12.1 Å². The molecule has 2 aromatic rings. The van der Waals surface area contributed by atoms with E-state index in [4.69, 9.17) is 15.2 Å². The Bertz CT molecular complexity index is 522. The van der Waals surface area contributed by atoms with Crippen LogP contribution in [0.3, 0.4) is 0 Å². The van der Waals surface area contributed by atoms with Gasteiger partial charge in [-0.15, -0.1) is 0 Å². The molecule has 7 nitrogen and oxygen atoms in total. The van der Waals surface area contributed by atoms with Crippen molar-refractivity contribution in [1.29, 1.82) is 0 Å². The van der Waals surface area contributed by atoms with Crippen LogP contribution in [0.5, 0.6) is 0 Å². The van der Waals surface area contributed by atoms with Gasteiger partial charge in [-0.25, -0.2) is 15.0 Å². The van der Waals surface area contributed by atoms with E-state index in [9.17, 15) is 0 Å². The Hall–Kier alpha value is -1.73.